The van der Waals surface area contributed by atoms with Crippen LogP contribution in [0, 0.1) is 6.92 Å². The Kier molecular flexibility index (Phi) is 6.29. The van der Waals surface area contributed by atoms with Gasteiger partial charge in [-0.3, -0.25) is 0 Å². The molecule has 0 radical (unpaired) electrons. The quantitative estimate of drug-likeness (QED) is 0.569. The van der Waals surface area contributed by atoms with Crippen molar-refractivity contribution in [1.82, 2.24) is 4.31 Å². The molecule has 5 nitrogen and oxygen atoms in total. The van der Waals surface area contributed by atoms with E-state index in [2.05, 4.69) is 5.32 Å². The van der Waals surface area contributed by atoms with Crippen LogP contribution < -0.4 is 11.1 Å². The maximum Gasteiger partial charge on any atom is 0.213 e. The molecule has 0 aliphatic heterocycles. The highest BCUT2D eigenvalue weighted by atomic mass is 32.2. The molecular weight excluding hydrogens is 274 g/mol. The Bertz CT molecular complexity index is 529. The number of benzene rings is 1. The predicted molar refractivity (Wildman–Crippen MR) is 85.4 cm³/mol. The van der Waals surface area contributed by atoms with Crippen molar-refractivity contribution in [3.63, 3.8) is 0 Å². The molecule has 1 aromatic carbocycles. The smallest absolute Gasteiger partial charge is 0.213 e. The average molecular weight is 299 g/mol. The monoisotopic (exact) mass is 299 g/mol. The van der Waals surface area contributed by atoms with Crippen molar-refractivity contribution >= 4 is 21.4 Å². The molecule has 0 spiro atoms. The summed E-state index contributed by atoms with van der Waals surface area (Å²) in [4.78, 5) is 0. The van der Waals surface area contributed by atoms with Gasteiger partial charge < -0.3 is 11.1 Å². The normalized spacial score (nSPS) is 11.8. The van der Waals surface area contributed by atoms with Crippen LogP contribution in [0.25, 0.3) is 0 Å². The van der Waals surface area contributed by atoms with Crippen molar-refractivity contribution in [2.75, 3.05) is 36.9 Å². The second-order valence-electron chi connectivity index (χ2n) is 4.93. The van der Waals surface area contributed by atoms with Crippen molar-refractivity contribution in [2.45, 2.75) is 26.7 Å². The molecule has 0 unspecified atom stereocenters. The third kappa shape index (κ3) is 5.02. The third-order valence-electron chi connectivity index (χ3n) is 3.34. The van der Waals surface area contributed by atoms with Crippen LogP contribution in [-0.2, 0) is 10.0 Å². The van der Waals surface area contributed by atoms with Crippen LogP contribution in [0.1, 0.15) is 25.3 Å². The van der Waals surface area contributed by atoms with Gasteiger partial charge in [0, 0.05) is 31.5 Å². The molecule has 0 aromatic heterocycles. The lowest BCUT2D eigenvalue weighted by Gasteiger charge is -2.15. The first-order valence-corrected chi connectivity index (χ1v) is 8.51. The highest BCUT2D eigenvalue weighted by Gasteiger charge is 2.13. The molecule has 1 rings (SSSR count). The summed E-state index contributed by atoms with van der Waals surface area (Å²) in [6.07, 6.45) is 1.77. The largest absolute Gasteiger partial charge is 0.399 e. The Hall–Kier alpha value is -1.27. The van der Waals surface area contributed by atoms with E-state index in [0.717, 1.165) is 36.3 Å². The number of hydrogen-bond donors (Lipinski definition) is 2. The van der Waals surface area contributed by atoms with Gasteiger partial charge in [0.05, 0.1) is 5.75 Å². The van der Waals surface area contributed by atoms with E-state index in [4.69, 9.17) is 5.73 Å². The second kappa shape index (κ2) is 7.50. The summed E-state index contributed by atoms with van der Waals surface area (Å²) in [5.41, 5.74) is 8.66. The van der Waals surface area contributed by atoms with E-state index in [1.807, 2.05) is 25.1 Å². The summed E-state index contributed by atoms with van der Waals surface area (Å²) < 4.78 is 24.5. The van der Waals surface area contributed by atoms with Crippen molar-refractivity contribution < 1.29 is 8.42 Å². The van der Waals surface area contributed by atoms with Crippen molar-refractivity contribution in [1.29, 1.82) is 0 Å². The standard InChI is InChI=1S/C14H25N3O2S/c1-4-20(18,19)17(3)10-6-5-9-16-13-7-8-14(15)12(2)11-13/h7-8,11,16H,4-6,9-10,15H2,1-3H3. The lowest BCUT2D eigenvalue weighted by atomic mass is 10.2. The lowest BCUT2D eigenvalue weighted by molar-refractivity contribution is 0.459. The van der Waals surface area contributed by atoms with Gasteiger partial charge in [0.1, 0.15) is 0 Å². The maximum absolute atomic E-state index is 11.6. The van der Waals surface area contributed by atoms with Gasteiger partial charge in [-0.2, -0.15) is 0 Å². The molecular formula is C14H25N3O2S. The first-order valence-electron chi connectivity index (χ1n) is 6.91. The molecule has 3 N–H and O–H groups in total. The molecule has 0 aliphatic rings. The number of sulfonamides is 1. The number of nitrogens with zero attached hydrogens (tertiary/aromatic N) is 1. The Morgan fingerprint density at radius 3 is 2.60 bits per heavy atom. The van der Waals surface area contributed by atoms with Gasteiger partial charge in [0.15, 0.2) is 0 Å². The van der Waals surface area contributed by atoms with E-state index in [-0.39, 0.29) is 5.75 Å². The van der Waals surface area contributed by atoms with Crippen LogP contribution >= 0.6 is 0 Å². The van der Waals surface area contributed by atoms with E-state index >= 15 is 0 Å². The molecule has 0 heterocycles. The van der Waals surface area contributed by atoms with E-state index in [9.17, 15) is 8.42 Å². The van der Waals surface area contributed by atoms with Crippen LogP contribution in [0.4, 0.5) is 11.4 Å². The Morgan fingerprint density at radius 1 is 1.30 bits per heavy atom. The van der Waals surface area contributed by atoms with Gasteiger partial charge in [0.25, 0.3) is 0 Å². The highest BCUT2D eigenvalue weighted by Crippen LogP contribution is 2.16. The molecule has 114 valence electrons. The van der Waals surface area contributed by atoms with Gasteiger partial charge in [-0.1, -0.05) is 0 Å². The molecule has 0 saturated carbocycles. The molecule has 1 aromatic rings. The van der Waals surface area contributed by atoms with E-state index < -0.39 is 10.0 Å². The number of nitrogen functional groups attached to an aromatic ring is 1. The molecule has 0 aliphatic carbocycles. The summed E-state index contributed by atoms with van der Waals surface area (Å²) >= 11 is 0. The van der Waals surface area contributed by atoms with Gasteiger partial charge >= 0.3 is 0 Å². The predicted octanol–water partition coefficient (Wildman–Crippen LogP) is 2.05. The minimum Gasteiger partial charge on any atom is -0.399 e. The van der Waals surface area contributed by atoms with Gasteiger partial charge in [0.2, 0.25) is 10.0 Å². The Balaban J connectivity index is 2.27. The van der Waals surface area contributed by atoms with Crippen LogP contribution in [0.5, 0.6) is 0 Å². The summed E-state index contributed by atoms with van der Waals surface area (Å²) in [6.45, 7) is 5.03. The summed E-state index contributed by atoms with van der Waals surface area (Å²) in [6, 6.07) is 5.86. The molecule has 0 fully saturated rings. The number of nitrogens with one attached hydrogen (secondary N) is 1. The second-order valence-corrected chi connectivity index (χ2v) is 7.29. The topological polar surface area (TPSA) is 75.4 Å². The van der Waals surface area contributed by atoms with E-state index in [1.54, 1.807) is 14.0 Å². The molecule has 20 heavy (non-hydrogen) atoms. The number of anilines is 2. The Labute approximate surface area is 122 Å². The zero-order valence-electron chi connectivity index (χ0n) is 12.5. The van der Waals surface area contributed by atoms with Gasteiger partial charge in [-0.05, 0) is 50.5 Å². The molecule has 0 atom stereocenters. The van der Waals surface area contributed by atoms with Crippen LogP contribution in [0.3, 0.4) is 0 Å². The number of nitrogens with two attached hydrogens (primary N) is 1. The number of rotatable bonds is 8. The van der Waals surface area contributed by atoms with E-state index in [1.165, 1.54) is 4.31 Å². The molecule has 0 saturated heterocycles. The van der Waals surface area contributed by atoms with Crippen LogP contribution in [0.2, 0.25) is 0 Å². The fourth-order valence-electron chi connectivity index (χ4n) is 1.84. The highest BCUT2D eigenvalue weighted by molar-refractivity contribution is 7.89. The third-order valence-corrected chi connectivity index (χ3v) is 5.20. The van der Waals surface area contributed by atoms with Gasteiger partial charge in [-0.25, -0.2) is 12.7 Å². The fourth-order valence-corrected chi connectivity index (χ4v) is 2.69. The van der Waals surface area contributed by atoms with Crippen LogP contribution in [-0.4, -0.2) is 38.6 Å². The zero-order valence-corrected chi connectivity index (χ0v) is 13.3. The number of hydrogen-bond acceptors (Lipinski definition) is 4. The first kappa shape index (κ1) is 16.8. The Morgan fingerprint density at radius 2 is 2.00 bits per heavy atom. The lowest BCUT2D eigenvalue weighted by Crippen LogP contribution is -2.29. The fraction of sp³-hybridized carbons (Fsp3) is 0.571. The minimum absolute atomic E-state index is 0.159. The molecule has 0 bridgehead atoms. The number of aryl methyl sites for hydroxylation is 1. The maximum atomic E-state index is 11.6. The first-order chi connectivity index (χ1) is 9.36. The van der Waals surface area contributed by atoms with Crippen molar-refractivity contribution in [3.8, 4) is 0 Å². The zero-order chi connectivity index (χ0) is 15.2. The SMILES string of the molecule is CCS(=O)(=O)N(C)CCCCNc1ccc(N)c(C)c1. The van der Waals surface area contributed by atoms with Crippen molar-refractivity contribution in [2.24, 2.45) is 0 Å². The summed E-state index contributed by atoms with van der Waals surface area (Å²) in [5, 5.41) is 3.32. The van der Waals surface area contributed by atoms with E-state index in [0.29, 0.717) is 6.54 Å². The summed E-state index contributed by atoms with van der Waals surface area (Å²) in [5.74, 6) is 0.159. The van der Waals surface area contributed by atoms with Gasteiger partial charge in [-0.15, -0.1) is 0 Å². The van der Waals surface area contributed by atoms with Crippen LogP contribution in [0.15, 0.2) is 18.2 Å². The number of unbranched alkanes of at least 4 members (excludes halogenated alkanes) is 1. The summed E-state index contributed by atoms with van der Waals surface area (Å²) in [7, 11) is -1.41. The average Bonchev–Trinajstić information content (AvgIpc) is 2.42. The molecule has 0 amide bonds. The molecule has 6 heteroatoms. The van der Waals surface area contributed by atoms with Crippen molar-refractivity contribution in [3.05, 3.63) is 23.8 Å². The minimum atomic E-state index is -3.05.